The van der Waals surface area contributed by atoms with Crippen molar-refractivity contribution in [3.63, 3.8) is 0 Å². The summed E-state index contributed by atoms with van der Waals surface area (Å²) in [5, 5.41) is 1.18. The number of halogens is 1. The third-order valence-electron chi connectivity index (χ3n) is 3.19. The zero-order valence-electron chi connectivity index (χ0n) is 10.6. The zero-order chi connectivity index (χ0) is 11.5. The average Bonchev–Trinajstić information content (AvgIpc) is 2.78. The second kappa shape index (κ2) is 7.04. The van der Waals surface area contributed by atoms with Crippen LogP contribution in [0.2, 0.25) is 0 Å². The van der Waals surface area contributed by atoms with Crippen LogP contribution in [0, 0.1) is 0 Å². The molecule has 6 heteroatoms. The molecule has 0 unspecified atom stereocenters. The van der Waals surface area contributed by atoms with Crippen molar-refractivity contribution < 1.29 is 24.0 Å². The first kappa shape index (κ1) is 15.4. The molecule has 98 valence electrons. The van der Waals surface area contributed by atoms with Gasteiger partial charge in [-0.3, -0.25) is 4.58 Å². The molecule has 0 atom stereocenters. The molecule has 1 aliphatic carbocycles. The van der Waals surface area contributed by atoms with Crippen molar-refractivity contribution in [2.45, 2.75) is 38.1 Å². The van der Waals surface area contributed by atoms with Crippen molar-refractivity contribution in [1.29, 1.82) is 0 Å². The summed E-state index contributed by atoms with van der Waals surface area (Å²) >= 11 is 0. The molecule has 0 amide bonds. The second-order valence-corrected chi connectivity index (χ2v) is 6.70. The Morgan fingerprint density at radius 2 is 1.82 bits per heavy atom. The van der Waals surface area contributed by atoms with Crippen LogP contribution in [-0.2, 0) is 0 Å². The lowest BCUT2D eigenvalue weighted by molar-refractivity contribution is -0.00000338. The van der Waals surface area contributed by atoms with E-state index >= 15 is 0 Å². The maximum absolute atomic E-state index is 4.67. The first-order valence-electron chi connectivity index (χ1n) is 5.89. The quantitative estimate of drug-likeness (QED) is 0.370. The third kappa shape index (κ3) is 3.89. The Labute approximate surface area is 128 Å². The predicted octanol–water partition coefficient (Wildman–Crippen LogP) is -0.991. The van der Waals surface area contributed by atoms with Gasteiger partial charge in [0.15, 0.2) is 0 Å². The highest BCUT2D eigenvalue weighted by atomic mass is 127. The monoisotopic (exact) mass is 385 g/mol. The Bertz CT molecular complexity index is 403. The van der Waals surface area contributed by atoms with E-state index in [1.807, 2.05) is 0 Å². The maximum Gasteiger partial charge on any atom is 0.390 e. The van der Waals surface area contributed by atoms with Crippen molar-refractivity contribution in [1.82, 2.24) is 9.56 Å². The van der Waals surface area contributed by atoms with Gasteiger partial charge in [-0.25, -0.2) is 0 Å². The minimum atomic E-state index is 0. The molecule has 1 aromatic heterocycles. The van der Waals surface area contributed by atoms with Gasteiger partial charge >= 0.3 is 9.93 Å². The lowest BCUT2D eigenvalue weighted by Gasteiger charge is -2.28. The zero-order valence-corrected chi connectivity index (χ0v) is 14.4. The summed E-state index contributed by atoms with van der Waals surface area (Å²) in [6.07, 6.45) is 6.83. The number of anilines is 1. The minimum absolute atomic E-state index is 0. The van der Waals surface area contributed by atoms with E-state index in [1.165, 1.54) is 37.2 Å². The molecule has 0 radical (unpaired) electrons. The average molecular weight is 385 g/mol. The minimum Gasteiger partial charge on any atom is -1.00 e. The lowest BCUT2D eigenvalue weighted by atomic mass is 9.95. The Kier molecular flexibility index (Phi) is 6.36. The summed E-state index contributed by atoms with van der Waals surface area (Å²) in [6.45, 7) is 0. The van der Waals surface area contributed by atoms with Crippen molar-refractivity contribution in [3.05, 3.63) is 4.80 Å². The fraction of sp³-hybridized carbons (Fsp3) is 0.818. The molecule has 1 saturated carbocycles. The summed E-state index contributed by atoms with van der Waals surface area (Å²) < 4.78 is 2.08. The normalized spacial score (nSPS) is 16.4. The van der Waals surface area contributed by atoms with Gasteiger partial charge in [0.05, 0.1) is 14.1 Å². The molecule has 2 rings (SSSR count). The summed E-state index contributed by atoms with van der Waals surface area (Å²) in [5.41, 5.74) is 0. The first-order chi connectivity index (χ1) is 7.68. The van der Waals surface area contributed by atoms with Crippen molar-refractivity contribution in [2.24, 2.45) is 0 Å². The SMILES string of the molecule is CN(c1nc(=[N+](C)C)ss1)C1CCCCC1.[I-]. The summed E-state index contributed by atoms with van der Waals surface area (Å²) in [4.78, 5) is 8.17. The molecular formula is C11H20IN3S2. The fourth-order valence-electron chi connectivity index (χ4n) is 2.13. The Balaban J connectivity index is 0.00000144. The molecule has 0 aromatic carbocycles. The van der Waals surface area contributed by atoms with E-state index in [0.717, 1.165) is 4.80 Å². The largest absolute Gasteiger partial charge is 1.00 e. The van der Waals surface area contributed by atoms with E-state index in [-0.39, 0.29) is 24.0 Å². The van der Waals surface area contributed by atoms with Gasteiger partial charge in [-0.2, -0.15) is 0 Å². The van der Waals surface area contributed by atoms with Crippen LogP contribution in [0.3, 0.4) is 0 Å². The van der Waals surface area contributed by atoms with Crippen LogP contribution in [-0.4, -0.2) is 32.2 Å². The maximum atomic E-state index is 4.67. The molecule has 0 spiro atoms. The number of aromatic nitrogens is 1. The highest BCUT2D eigenvalue weighted by molar-refractivity contribution is 7.69. The van der Waals surface area contributed by atoms with Gasteiger partial charge in [-0.1, -0.05) is 19.3 Å². The van der Waals surface area contributed by atoms with E-state index in [2.05, 4.69) is 35.6 Å². The van der Waals surface area contributed by atoms with Gasteiger partial charge in [-0.05, 0) is 23.2 Å². The summed E-state index contributed by atoms with van der Waals surface area (Å²) in [6, 6.07) is 0.710. The second-order valence-electron chi connectivity index (χ2n) is 4.64. The lowest BCUT2D eigenvalue weighted by Crippen LogP contribution is -3.00. The Morgan fingerprint density at radius 1 is 1.18 bits per heavy atom. The molecule has 3 nitrogen and oxygen atoms in total. The van der Waals surface area contributed by atoms with Gasteiger partial charge in [0.1, 0.15) is 0 Å². The summed E-state index contributed by atoms with van der Waals surface area (Å²) in [5.74, 6) is 0. The van der Waals surface area contributed by atoms with E-state index in [1.54, 1.807) is 20.7 Å². The number of nitrogens with zero attached hydrogens (tertiary/aromatic N) is 3. The van der Waals surface area contributed by atoms with Gasteiger partial charge in [0, 0.05) is 28.4 Å². The van der Waals surface area contributed by atoms with Crippen LogP contribution in [0.15, 0.2) is 0 Å². The van der Waals surface area contributed by atoms with Crippen LogP contribution in [0.25, 0.3) is 0 Å². The summed E-state index contributed by atoms with van der Waals surface area (Å²) in [7, 11) is 9.86. The van der Waals surface area contributed by atoms with E-state index < -0.39 is 0 Å². The van der Waals surface area contributed by atoms with Crippen molar-refractivity contribution >= 4 is 25.8 Å². The molecule has 1 heterocycles. The third-order valence-corrected chi connectivity index (χ3v) is 5.55. The van der Waals surface area contributed by atoms with Crippen molar-refractivity contribution in [3.8, 4) is 0 Å². The van der Waals surface area contributed by atoms with Crippen LogP contribution < -0.4 is 38.3 Å². The highest BCUT2D eigenvalue weighted by Crippen LogP contribution is 2.27. The predicted molar refractivity (Wildman–Crippen MR) is 72.4 cm³/mol. The molecule has 17 heavy (non-hydrogen) atoms. The Morgan fingerprint density at radius 3 is 2.35 bits per heavy atom. The van der Waals surface area contributed by atoms with E-state index in [9.17, 15) is 0 Å². The fourth-order valence-corrected chi connectivity index (χ4v) is 4.47. The molecule has 0 saturated heterocycles. The van der Waals surface area contributed by atoms with Gasteiger partial charge in [0.2, 0.25) is 0 Å². The van der Waals surface area contributed by atoms with Gasteiger partial charge in [-0.15, -0.1) is 0 Å². The van der Waals surface area contributed by atoms with Gasteiger partial charge in [0.25, 0.3) is 0 Å². The van der Waals surface area contributed by atoms with Crippen LogP contribution in [0.4, 0.5) is 5.13 Å². The number of hydrogen-bond donors (Lipinski definition) is 0. The first-order valence-corrected chi connectivity index (χ1v) is 8.04. The highest BCUT2D eigenvalue weighted by Gasteiger charge is 2.23. The molecule has 1 fully saturated rings. The number of hydrogen-bond acceptors (Lipinski definition) is 4. The van der Waals surface area contributed by atoms with E-state index in [0.29, 0.717) is 6.04 Å². The standard InChI is InChI=1S/C11H20N3S2.HI/c1-13(2)10-12-11(16-15-10)14(3)9-7-5-4-6-8-9;/h9H,4-8H2,1-3H3;1H/q+1;/p-1. The molecule has 1 aromatic rings. The van der Waals surface area contributed by atoms with Gasteiger partial charge < -0.3 is 28.9 Å². The van der Waals surface area contributed by atoms with Crippen LogP contribution in [0.5, 0.6) is 0 Å². The van der Waals surface area contributed by atoms with Crippen LogP contribution >= 0.6 is 20.7 Å². The molecule has 0 N–H and O–H groups in total. The van der Waals surface area contributed by atoms with E-state index in [4.69, 9.17) is 0 Å². The Hall–Kier alpha value is 0.310. The number of rotatable bonds is 2. The molecule has 1 aliphatic rings. The van der Waals surface area contributed by atoms with Crippen molar-refractivity contribution in [2.75, 3.05) is 26.0 Å². The topological polar surface area (TPSA) is 19.1 Å². The molecular weight excluding hydrogens is 365 g/mol. The molecule has 0 bridgehead atoms. The smallest absolute Gasteiger partial charge is 0.390 e. The molecule has 0 aliphatic heterocycles. The van der Waals surface area contributed by atoms with Crippen LogP contribution in [0.1, 0.15) is 32.1 Å².